The molecule has 2 N–H and O–H groups in total. The first-order chi connectivity index (χ1) is 6.63. The molecule has 1 heterocycles. The van der Waals surface area contributed by atoms with Gasteiger partial charge in [0.2, 0.25) is 5.91 Å². The lowest BCUT2D eigenvalue weighted by Gasteiger charge is -2.14. The van der Waals surface area contributed by atoms with E-state index in [9.17, 15) is 4.79 Å². The van der Waals surface area contributed by atoms with Crippen LogP contribution < -0.4 is 5.32 Å². The molecule has 1 rings (SSSR count). The van der Waals surface area contributed by atoms with Gasteiger partial charge in [0.15, 0.2) is 0 Å². The Morgan fingerprint density at radius 3 is 2.50 bits per heavy atom. The van der Waals surface area contributed by atoms with Crippen LogP contribution in [0, 0.1) is 11.8 Å². The van der Waals surface area contributed by atoms with E-state index in [1.807, 2.05) is 0 Å². The Kier molecular flexibility index (Phi) is 4.35. The molecular formula is C10H20N2O2. The highest BCUT2D eigenvalue weighted by molar-refractivity contribution is 5.78. The van der Waals surface area contributed by atoms with Gasteiger partial charge < -0.3 is 10.4 Å². The molecule has 0 aliphatic carbocycles. The van der Waals surface area contributed by atoms with Crippen molar-refractivity contribution in [3.05, 3.63) is 0 Å². The largest absolute Gasteiger partial charge is 0.395 e. The first-order valence-electron chi connectivity index (χ1n) is 5.23. The molecule has 1 amide bonds. The molecule has 1 aliphatic heterocycles. The predicted octanol–water partition coefficient (Wildman–Crippen LogP) is -0.317. The maximum absolute atomic E-state index is 11.3. The van der Waals surface area contributed by atoms with Crippen LogP contribution in [0.4, 0.5) is 0 Å². The smallest absolute Gasteiger partial charge is 0.234 e. The quantitative estimate of drug-likeness (QED) is 0.654. The Bertz CT molecular complexity index is 187. The molecule has 1 fully saturated rings. The number of rotatable bonds is 4. The highest BCUT2D eigenvalue weighted by atomic mass is 16.3. The maximum atomic E-state index is 11.3. The summed E-state index contributed by atoms with van der Waals surface area (Å²) in [5.41, 5.74) is 0. The molecule has 0 bridgehead atoms. The molecule has 1 saturated heterocycles. The summed E-state index contributed by atoms with van der Waals surface area (Å²) in [5.74, 6) is 1.38. The van der Waals surface area contributed by atoms with Gasteiger partial charge in [-0.1, -0.05) is 13.8 Å². The van der Waals surface area contributed by atoms with Gasteiger partial charge >= 0.3 is 0 Å². The summed E-state index contributed by atoms with van der Waals surface area (Å²) >= 11 is 0. The van der Waals surface area contributed by atoms with Crippen LogP contribution in [0.15, 0.2) is 0 Å². The Hall–Kier alpha value is -0.610. The van der Waals surface area contributed by atoms with Crippen LogP contribution in [0.25, 0.3) is 0 Å². The summed E-state index contributed by atoms with van der Waals surface area (Å²) in [7, 11) is 0. The molecule has 4 heteroatoms. The fourth-order valence-corrected chi connectivity index (χ4v) is 1.83. The number of amides is 1. The zero-order valence-corrected chi connectivity index (χ0v) is 8.99. The summed E-state index contributed by atoms with van der Waals surface area (Å²) in [6.07, 6.45) is 0. The van der Waals surface area contributed by atoms with E-state index in [0.717, 1.165) is 13.1 Å². The molecule has 82 valence electrons. The molecule has 2 atom stereocenters. The van der Waals surface area contributed by atoms with Crippen molar-refractivity contribution in [2.75, 3.05) is 32.8 Å². The van der Waals surface area contributed by atoms with E-state index >= 15 is 0 Å². The lowest BCUT2D eigenvalue weighted by Crippen LogP contribution is -2.37. The minimum Gasteiger partial charge on any atom is -0.395 e. The van der Waals surface area contributed by atoms with Crippen molar-refractivity contribution in [3.8, 4) is 0 Å². The zero-order valence-electron chi connectivity index (χ0n) is 8.99. The number of aliphatic hydroxyl groups is 1. The van der Waals surface area contributed by atoms with Crippen molar-refractivity contribution in [2.24, 2.45) is 11.8 Å². The average Bonchev–Trinajstić information content (AvgIpc) is 2.42. The average molecular weight is 200 g/mol. The number of hydrogen-bond donors (Lipinski definition) is 2. The first-order valence-corrected chi connectivity index (χ1v) is 5.23. The second kappa shape index (κ2) is 5.32. The highest BCUT2D eigenvalue weighted by Crippen LogP contribution is 2.21. The lowest BCUT2D eigenvalue weighted by molar-refractivity contribution is -0.122. The van der Waals surface area contributed by atoms with Gasteiger partial charge in [0.1, 0.15) is 0 Å². The molecule has 0 aromatic carbocycles. The van der Waals surface area contributed by atoms with Gasteiger partial charge in [-0.3, -0.25) is 9.69 Å². The van der Waals surface area contributed by atoms with Crippen molar-refractivity contribution in [1.82, 2.24) is 10.2 Å². The van der Waals surface area contributed by atoms with Crippen LogP contribution >= 0.6 is 0 Å². The number of hydrogen-bond acceptors (Lipinski definition) is 3. The lowest BCUT2D eigenvalue weighted by atomic mass is 10.0. The normalized spacial score (nSPS) is 27.9. The number of nitrogens with one attached hydrogen (secondary N) is 1. The van der Waals surface area contributed by atoms with Crippen LogP contribution in [0.1, 0.15) is 13.8 Å². The maximum Gasteiger partial charge on any atom is 0.234 e. The van der Waals surface area contributed by atoms with Gasteiger partial charge in [-0.05, 0) is 11.8 Å². The summed E-state index contributed by atoms with van der Waals surface area (Å²) in [5, 5.41) is 11.2. The monoisotopic (exact) mass is 200 g/mol. The molecule has 0 aromatic rings. The van der Waals surface area contributed by atoms with E-state index in [0.29, 0.717) is 24.9 Å². The van der Waals surface area contributed by atoms with Crippen LogP contribution in [-0.4, -0.2) is 48.7 Å². The fraction of sp³-hybridized carbons (Fsp3) is 0.900. The Labute approximate surface area is 85.3 Å². The Balaban J connectivity index is 2.21. The van der Waals surface area contributed by atoms with Crippen molar-refractivity contribution in [3.63, 3.8) is 0 Å². The minimum absolute atomic E-state index is 0.0124. The number of carbonyl (C=O) groups is 1. The second-order valence-electron chi connectivity index (χ2n) is 4.22. The summed E-state index contributed by atoms with van der Waals surface area (Å²) < 4.78 is 0. The number of likely N-dealkylation sites (tertiary alicyclic amines) is 1. The topological polar surface area (TPSA) is 52.6 Å². The molecule has 0 aromatic heterocycles. The van der Waals surface area contributed by atoms with Gasteiger partial charge in [0.05, 0.1) is 13.2 Å². The van der Waals surface area contributed by atoms with Crippen molar-refractivity contribution in [2.45, 2.75) is 13.8 Å². The molecule has 0 spiro atoms. The van der Waals surface area contributed by atoms with Crippen LogP contribution in [-0.2, 0) is 4.79 Å². The number of aliphatic hydroxyl groups excluding tert-OH is 1. The zero-order chi connectivity index (χ0) is 10.6. The minimum atomic E-state index is 0.0124. The van der Waals surface area contributed by atoms with Crippen molar-refractivity contribution in [1.29, 1.82) is 0 Å². The van der Waals surface area contributed by atoms with Gasteiger partial charge in [-0.15, -0.1) is 0 Å². The third-order valence-electron chi connectivity index (χ3n) is 2.86. The predicted molar refractivity (Wildman–Crippen MR) is 54.9 cm³/mol. The molecule has 0 saturated carbocycles. The standard InChI is InChI=1S/C10H20N2O2/c1-8-5-12(6-9(8)2)7-10(14)11-3-4-13/h8-9,13H,3-7H2,1-2H3,(H,11,14). The van der Waals surface area contributed by atoms with E-state index in [1.54, 1.807) is 0 Å². The van der Waals surface area contributed by atoms with E-state index < -0.39 is 0 Å². The fourth-order valence-electron chi connectivity index (χ4n) is 1.83. The highest BCUT2D eigenvalue weighted by Gasteiger charge is 2.26. The SMILES string of the molecule is CC1CN(CC(=O)NCCO)CC1C. The van der Waals surface area contributed by atoms with Crippen LogP contribution in [0.3, 0.4) is 0 Å². The molecule has 1 aliphatic rings. The second-order valence-corrected chi connectivity index (χ2v) is 4.22. The van der Waals surface area contributed by atoms with Gasteiger partial charge in [0, 0.05) is 19.6 Å². The van der Waals surface area contributed by atoms with Gasteiger partial charge in [-0.25, -0.2) is 0 Å². The summed E-state index contributed by atoms with van der Waals surface area (Å²) in [6, 6.07) is 0. The molecular weight excluding hydrogens is 180 g/mol. The molecule has 4 nitrogen and oxygen atoms in total. The van der Waals surface area contributed by atoms with E-state index in [1.165, 1.54) is 0 Å². The van der Waals surface area contributed by atoms with Crippen LogP contribution in [0.2, 0.25) is 0 Å². The van der Waals surface area contributed by atoms with Gasteiger partial charge in [-0.2, -0.15) is 0 Å². The summed E-state index contributed by atoms with van der Waals surface area (Å²) in [6.45, 7) is 7.29. The Morgan fingerprint density at radius 1 is 1.43 bits per heavy atom. The van der Waals surface area contributed by atoms with E-state index in [-0.39, 0.29) is 12.5 Å². The van der Waals surface area contributed by atoms with E-state index in [2.05, 4.69) is 24.1 Å². The first kappa shape index (κ1) is 11.5. The molecule has 2 unspecified atom stereocenters. The molecule has 14 heavy (non-hydrogen) atoms. The van der Waals surface area contributed by atoms with Gasteiger partial charge in [0.25, 0.3) is 0 Å². The van der Waals surface area contributed by atoms with Crippen molar-refractivity contribution < 1.29 is 9.90 Å². The summed E-state index contributed by atoms with van der Waals surface area (Å²) in [4.78, 5) is 13.5. The van der Waals surface area contributed by atoms with Crippen molar-refractivity contribution >= 4 is 5.91 Å². The Morgan fingerprint density at radius 2 is 2.00 bits per heavy atom. The molecule has 0 radical (unpaired) electrons. The third kappa shape index (κ3) is 3.27. The van der Waals surface area contributed by atoms with E-state index in [4.69, 9.17) is 5.11 Å². The third-order valence-corrected chi connectivity index (χ3v) is 2.86. The van der Waals surface area contributed by atoms with Crippen LogP contribution in [0.5, 0.6) is 0 Å². The number of nitrogens with zero attached hydrogens (tertiary/aromatic N) is 1. The number of carbonyl (C=O) groups excluding carboxylic acids is 1.